The molecule has 0 fully saturated rings. The van der Waals surface area contributed by atoms with Crippen molar-refractivity contribution in [3.05, 3.63) is 16.6 Å². The molecule has 0 saturated heterocycles. The fourth-order valence-corrected chi connectivity index (χ4v) is 2.09. The number of hydrogen-bond donors (Lipinski definition) is 1. The Labute approximate surface area is 89.5 Å². The molecule has 14 heavy (non-hydrogen) atoms. The van der Waals surface area contributed by atoms with Crippen LogP contribution >= 0.6 is 11.3 Å². The Balaban J connectivity index is 2.24. The van der Waals surface area contributed by atoms with Crippen molar-refractivity contribution in [2.24, 2.45) is 0 Å². The second-order valence-corrected chi connectivity index (χ2v) is 4.23. The van der Waals surface area contributed by atoms with Crippen LogP contribution in [0, 0.1) is 0 Å². The van der Waals surface area contributed by atoms with Crippen LogP contribution < -0.4 is 5.32 Å². The number of likely N-dealkylation sites (N-methyl/N-ethyl adjacent to an activating group) is 1. The summed E-state index contributed by atoms with van der Waals surface area (Å²) in [5.74, 6) is 0. The lowest BCUT2D eigenvalue weighted by Gasteiger charge is -2.13. The number of methoxy groups -OCH3 is 1. The zero-order valence-corrected chi connectivity index (χ0v) is 9.64. The number of nitrogens with one attached hydrogen (secondary N) is 1. The Hall–Kier alpha value is -0.450. The van der Waals surface area contributed by atoms with Crippen molar-refractivity contribution in [3.8, 4) is 0 Å². The van der Waals surface area contributed by atoms with Gasteiger partial charge in [0.25, 0.3) is 0 Å². The van der Waals surface area contributed by atoms with Gasteiger partial charge in [0.1, 0.15) is 0 Å². The molecule has 1 aromatic heterocycles. The molecule has 1 aromatic rings. The normalized spacial score (nSPS) is 13.0. The highest BCUT2D eigenvalue weighted by molar-refractivity contribution is 7.09. The third-order valence-electron chi connectivity index (χ3n) is 2.21. The van der Waals surface area contributed by atoms with Crippen LogP contribution in [0.5, 0.6) is 0 Å². The third kappa shape index (κ3) is 4.17. The molecule has 4 heteroatoms. The lowest BCUT2D eigenvalue weighted by atomic mass is 10.1. The molecular formula is C10H18N2OS. The van der Waals surface area contributed by atoms with Gasteiger partial charge in [0.2, 0.25) is 0 Å². The van der Waals surface area contributed by atoms with Gasteiger partial charge in [-0.2, -0.15) is 0 Å². The van der Waals surface area contributed by atoms with Crippen molar-refractivity contribution in [2.75, 3.05) is 20.8 Å². The second kappa shape index (κ2) is 6.92. The van der Waals surface area contributed by atoms with Gasteiger partial charge in [-0.15, -0.1) is 11.3 Å². The maximum Gasteiger partial charge on any atom is 0.0940 e. The van der Waals surface area contributed by atoms with Gasteiger partial charge in [0.15, 0.2) is 0 Å². The molecule has 1 N–H and O–H groups in total. The molecule has 1 rings (SSSR count). The van der Waals surface area contributed by atoms with E-state index < -0.39 is 0 Å². The van der Waals surface area contributed by atoms with E-state index in [1.165, 1.54) is 5.01 Å². The molecule has 1 atom stereocenters. The topological polar surface area (TPSA) is 34.1 Å². The predicted octanol–water partition coefficient (Wildman–Crippen LogP) is 1.70. The first kappa shape index (κ1) is 11.6. The molecule has 1 heterocycles. The molecule has 0 aliphatic rings. The van der Waals surface area contributed by atoms with E-state index in [2.05, 4.69) is 10.3 Å². The summed E-state index contributed by atoms with van der Waals surface area (Å²) in [5.41, 5.74) is 0. The van der Waals surface area contributed by atoms with E-state index in [0.717, 1.165) is 25.9 Å². The van der Waals surface area contributed by atoms with Gasteiger partial charge in [0, 0.05) is 37.8 Å². The Morgan fingerprint density at radius 2 is 2.50 bits per heavy atom. The monoisotopic (exact) mass is 214 g/mol. The Bertz CT molecular complexity index is 226. The summed E-state index contributed by atoms with van der Waals surface area (Å²) in [5, 5.41) is 6.55. The van der Waals surface area contributed by atoms with Crippen LogP contribution in [0.3, 0.4) is 0 Å². The molecular weight excluding hydrogens is 196 g/mol. The number of hydrogen-bond acceptors (Lipinski definition) is 4. The molecule has 0 aliphatic carbocycles. The molecule has 0 bridgehead atoms. The van der Waals surface area contributed by atoms with Crippen molar-refractivity contribution in [2.45, 2.75) is 25.3 Å². The molecule has 0 aliphatic heterocycles. The molecule has 0 amide bonds. The van der Waals surface area contributed by atoms with E-state index in [9.17, 15) is 0 Å². The summed E-state index contributed by atoms with van der Waals surface area (Å²) < 4.78 is 5.03. The Kier molecular flexibility index (Phi) is 5.75. The van der Waals surface area contributed by atoms with E-state index in [1.807, 2.05) is 18.6 Å². The van der Waals surface area contributed by atoms with E-state index >= 15 is 0 Å². The molecule has 3 nitrogen and oxygen atoms in total. The van der Waals surface area contributed by atoms with Crippen LogP contribution in [-0.4, -0.2) is 31.8 Å². The Morgan fingerprint density at radius 3 is 3.07 bits per heavy atom. The number of nitrogens with zero attached hydrogens (tertiary/aromatic N) is 1. The van der Waals surface area contributed by atoms with Crippen LogP contribution in [0.15, 0.2) is 11.6 Å². The molecule has 0 aromatic carbocycles. The number of aromatic nitrogens is 1. The first-order valence-electron chi connectivity index (χ1n) is 4.91. The standard InChI is InChI=1S/C10H18N2OS/c1-11-9(4-3-6-13-2)8-10-12-5-7-14-10/h5,7,9,11H,3-4,6,8H2,1-2H3. The first-order chi connectivity index (χ1) is 6.86. The maximum absolute atomic E-state index is 5.03. The number of rotatable bonds is 7. The molecule has 0 radical (unpaired) electrons. The number of thiazole rings is 1. The fourth-order valence-electron chi connectivity index (χ4n) is 1.39. The van der Waals surface area contributed by atoms with Crippen LogP contribution in [0.2, 0.25) is 0 Å². The van der Waals surface area contributed by atoms with Crippen molar-refractivity contribution in [3.63, 3.8) is 0 Å². The van der Waals surface area contributed by atoms with Crippen LogP contribution in [0.4, 0.5) is 0 Å². The summed E-state index contributed by atoms with van der Waals surface area (Å²) in [6, 6.07) is 0.524. The van der Waals surface area contributed by atoms with Gasteiger partial charge in [-0.25, -0.2) is 4.98 Å². The number of ether oxygens (including phenoxy) is 1. The van der Waals surface area contributed by atoms with E-state index in [4.69, 9.17) is 4.74 Å². The van der Waals surface area contributed by atoms with Crippen LogP contribution in [-0.2, 0) is 11.2 Å². The van der Waals surface area contributed by atoms with Gasteiger partial charge in [-0.05, 0) is 19.9 Å². The van der Waals surface area contributed by atoms with E-state index in [0.29, 0.717) is 6.04 Å². The molecule has 80 valence electrons. The highest BCUT2D eigenvalue weighted by Gasteiger charge is 2.08. The minimum Gasteiger partial charge on any atom is -0.385 e. The van der Waals surface area contributed by atoms with E-state index in [1.54, 1.807) is 18.4 Å². The van der Waals surface area contributed by atoms with Gasteiger partial charge in [0.05, 0.1) is 5.01 Å². The lowest BCUT2D eigenvalue weighted by molar-refractivity contribution is 0.189. The molecule has 1 unspecified atom stereocenters. The average Bonchev–Trinajstić information content (AvgIpc) is 2.69. The highest BCUT2D eigenvalue weighted by atomic mass is 32.1. The lowest BCUT2D eigenvalue weighted by Crippen LogP contribution is -2.27. The SMILES string of the molecule is CNC(CCCOC)Cc1nccs1. The minimum absolute atomic E-state index is 0.524. The van der Waals surface area contributed by atoms with Gasteiger partial charge < -0.3 is 10.1 Å². The molecule has 0 spiro atoms. The predicted molar refractivity (Wildman–Crippen MR) is 59.8 cm³/mol. The average molecular weight is 214 g/mol. The Morgan fingerprint density at radius 1 is 1.64 bits per heavy atom. The van der Waals surface area contributed by atoms with Crippen molar-refractivity contribution in [1.29, 1.82) is 0 Å². The largest absolute Gasteiger partial charge is 0.385 e. The smallest absolute Gasteiger partial charge is 0.0940 e. The maximum atomic E-state index is 5.03. The molecule has 0 saturated carbocycles. The fraction of sp³-hybridized carbons (Fsp3) is 0.700. The van der Waals surface area contributed by atoms with E-state index in [-0.39, 0.29) is 0 Å². The van der Waals surface area contributed by atoms with Gasteiger partial charge >= 0.3 is 0 Å². The van der Waals surface area contributed by atoms with Crippen molar-refractivity contribution < 1.29 is 4.74 Å². The van der Waals surface area contributed by atoms with Gasteiger partial charge in [-0.1, -0.05) is 0 Å². The zero-order chi connectivity index (χ0) is 10.2. The third-order valence-corrected chi connectivity index (χ3v) is 3.02. The van der Waals surface area contributed by atoms with Gasteiger partial charge in [-0.3, -0.25) is 0 Å². The van der Waals surface area contributed by atoms with Crippen molar-refractivity contribution >= 4 is 11.3 Å². The summed E-state index contributed by atoms with van der Waals surface area (Å²) >= 11 is 1.72. The van der Waals surface area contributed by atoms with Crippen LogP contribution in [0.25, 0.3) is 0 Å². The summed E-state index contributed by atoms with van der Waals surface area (Å²) in [6.07, 6.45) is 5.14. The highest BCUT2D eigenvalue weighted by Crippen LogP contribution is 2.10. The second-order valence-electron chi connectivity index (χ2n) is 3.25. The summed E-state index contributed by atoms with van der Waals surface area (Å²) in [6.45, 7) is 0.843. The summed E-state index contributed by atoms with van der Waals surface area (Å²) in [7, 11) is 3.75. The minimum atomic E-state index is 0.524. The summed E-state index contributed by atoms with van der Waals surface area (Å²) in [4.78, 5) is 4.28. The van der Waals surface area contributed by atoms with Crippen LogP contribution in [0.1, 0.15) is 17.8 Å². The first-order valence-corrected chi connectivity index (χ1v) is 5.79. The quantitative estimate of drug-likeness (QED) is 0.702. The zero-order valence-electron chi connectivity index (χ0n) is 8.82. The van der Waals surface area contributed by atoms with Crippen molar-refractivity contribution in [1.82, 2.24) is 10.3 Å².